The van der Waals surface area contributed by atoms with Gasteiger partial charge in [-0.05, 0) is 37.5 Å². The zero-order valence-electron chi connectivity index (χ0n) is 11.6. The first-order valence-electron chi connectivity index (χ1n) is 6.54. The van der Waals surface area contributed by atoms with Crippen molar-refractivity contribution in [2.75, 3.05) is 7.11 Å². The largest absolute Gasteiger partial charge is 0.497 e. The van der Waals surface area contributed by atoms with Crippen LogP contribution in [0.2, 0.25) is 0 Å². The van der Waals surface area contributed by atoms with Crippen LogP contribution >= 0.6 is 0 Å². The molecule has 98 valence electrons. The number of benzene rings is 1. The average Bonchev–Trinajstić information content (AvgIpc) is 2.39. The number of hydrogen-bond acceptors (Lipinski definition) is 2. The molecule has 1 N–H and O–H groups in total. The monoisotopic (exact) mass is 245 g/mol. The molecule has 1 aromatic rings. The molecule has 2 heteroatoms. The van der Waals surface area contributed by atoms with Gasteiger partial charge in [-0.2, -0.15) is 0 Å². The third-order valence-electron chi connectivity index (χ3n) is 2.97. The first-order valence-corrected chi connectivity index (χ1v) is 6.54. The summed E-state index contributed by atoms with van der Waals surface area (Å²) in [6, 6.07) is 8.75. The van der Waals surface area contributed by atoms with Gasteiger partial charge < -0.3 is 10.1 Å². The Morgan fingerprint density at radius 3 is 2.50 bits per heavy atom. The van der Waals surface area contributed by atoms with E-state index in [1.54, 1.807) is 7.11 Å². The van der Waals surface area contributed by atoms with Gasteiger partial charge in [0, 0.05) is 6.04 Å². The highest BCUT2D eigenvalue weighted by molar-refractivity contribution is 5.27. The van der Waals surface area contributed by atoms with Crippen molar-refractivity contribution in [3.63, 3.8) is 0 Å². The molecule has 0 aliphatic rings. The van der Waals surface area contributed by atoms with Crippen LogP contribution in [0.4, 0.5) is 0 Å². The lowest BCUT2D eigenvalue weighted by Crippen LogP contribution is -2.36. The minimum atomic E-state index is 0.184. The van der Waals surface area contributed by atoms with Crippen LogP contribution in [-0.2, 0) is 6.42 Å². The van der Waals surface area contributed by atoms with Crippen LogP contribution in [0.5, 0.6) is 5.75 Å². The maximum Gasteiger partial charge on any atom is 0.118 e. The average molecular weight is 245 g/mol. The van der Waals surface area contributed by atoms with Crippen LogP contribution in [0.3, 0.4) is 0 Å². The summed E-state index contributed by atoms with van der Waals surface area (Å²) in [4.78, 5) is 0. The molecule has 0 saturated carbocycles. The Labute approximate surface area is 111 Å². The van der Waals surface area contributed by atoms with E-state index in [1.807, 2.05) is 12.1 Å². The van der Waals surface area contributed by atoms with Crippen LogP contribution < -0.4 is 10.1 Å². The first kappa shape index (κ1) is 14.6. The molecule has 18 heavy (non-hydrogen) atoms. The highest BCUT2D eigenvalue weighted by Gasteiger charge is 2.09. The van der Waals surface area contributed by atoms with Gasteiger partial charge in [-0.1, -0.05) is 31.4 Å². The number of rotatable bonds is 7. The molecule has 0 aliphatic carbocycles. The molecule has 0 heterocycles. The second-order valence-corrected chi connectivity index (χ2v) is 4.63. The molecule has 0 fully saturated rings. The van der Waals surface area contributed by atoms with Crippen molar-refractivity contribution in [2.24, 2.45) is 0 Å². The quantitative estimate of drug-likeness (QED) is 0.746. The first-order chi connectivity index (χ1) is 8.69. The van der Waals surface area contributed by atoms with Gasteiger partial charge in [0.15, 0.2) is 0 Å². The Balaban J connectivity index is 2.48. The van der Waals surface area contributed by atoms with E-state index >= 15 is 0 Å². The number of methoxy groups -OCH3 is 1. The predicted octanol–water partition coefficient (Wildman–Crippen LogP) is 3.02. The van der Waals surface area contributed by atoms with Crippen LogP contribution in [0.1, 0.15) is 32.3 Å². The number of ether oxygens (including phenoxy) is 1. The molecular weight excluding hydrogens is 222 g/mol. The zero-order valence-corrected chi connectivity index (χ0v) is 11.6. The standard InChI is InChI=1S/C16H23NO/c1-5-7-15(6-2)17-13(3)12-14-8-10-16(18-4)11-9-14/h2,8-11,13,15,17H,5,7,12H2,1,3-4H3. The summed E-state index contributed by atoms with van der Waals surface area (Å²) in [6.45, 7) is 4.32. The van der Waals surface area contributed by atoms with Crippen LogP contribution in [-0.4, -0.2) is 19.2 Å². The fourth-order valence-electron chi connectivity index (χ4n) is 2.02. The fourth-order valence-corrected chi connectivity index (χ4v) is 2.02. The summed E-state index contributed by atoms with van der Waals surface area (Å²) >= 11 is 0. The van der Waals surface area contributed by atoms with Crippen LogP contribution in [0.15, 0.2) is 24.3 Å². The lowest BCUT2D eigenvalue weighted by molar-refractivity contribution is 0.414. The maximum absolute atomic E-state index is 5.51. The molecular formula is C16H23NO. The van der Waals surface area contributed by atoms with Crippen LogP contribution in [0.25, 0.3) is 0 Å². The van der Waals surface area contributed by atoms with Crippen molar-refractivity contribution in [2.45, 2.75) is 45.2 Å². The van der Waals surface area contributed by atoms with E-state index in [9.17, 15) is 0 Å². The van der Waals surface area contributed by atoms with E-state index in [1.165, 1.54) is 5.56 Å². The van der Waals surface area contributed by atoms with Gasteiger partial charge in [0.05, 0.1) is 13.2 Å². The molecule has 2 nitrogen and oxygen atoms in total. The van der Waals surface area contributed by atoms with E-state index in [-0.39, 0.29) is 6.04 Å². The second-order valence-electron chi connectivity index (χ2n) is 4.63. The molecule has 0 radical (unpaired) electrons. The maximum atomic E-state index is 5.51. The van der Waals surface area contributed by atoms with Crippen molar-refractivity contribution >= 4 is 0 Å². The molecule has 0 bridgehead atoms. The van der Waals surface area contributed by atoms with E-state index in [0.29, 0.717) is 6.04 Å². The summed E-state index contributed by atoms with van der Waals surface area (Å²) < 4.78 is 5.15. The molecule has 2 atom stereocenters. The Bertz CT molecular complexity index is 377. The van der Waals surface area contributed by atoms with Gasteiger partial charge in [0.2, 0.25) is 0 Å². The molecule has 1 rings (SSSR count). The lowest BCUT2D eigenvalue weighted by Gasteiger charge is -2.19. The van der Waals surface area contributed by atoms with Crippen molar-refractivity contribution in [1.29, 1.82) is 0 Å². The van der Waals surface area contributed by atoms with Gasteiger partial charge >= 0.3 is 0 Å². The third-order valence-corrected chi connectivity index (χ3v) is 2.97. The number of terminal acetylenes is 1. The smallest absolute Gasteiger partial charge is 0.118 e. The number of hydrogen-bond donors (Lipinski definition) is 1. The molecule has 0 saturated heterocycles. The third kappa shape index (κ3) is 4.81. The minimum Gasteiger partial charge on any atom is -0.497 e. The highest BCUT2D eigenvalue weighted by atomic mass is 16.5. The summed E-state index contributed by atoms with van der Waals surface area (Å²) in [5.74, 6) is 3.70. The Kier molecular flexibility index (Phi) is 6.32. The van der Waals surface area contributed by atoms with Crippen molar-refractivity contribution in [3.05, 3.63) is 29.8 Å². The van der Waals surface area contributed by atoms with Gasteiger partial charge in [-0.15, -0.1) is 6.42 Å². The van der Waals surface area contributed by atoms with E-state index < -0.39 is 0 Å². The second kappa shape index (κ2) is 7.79. The molecule has 2 unspecified atom stereocenters. The molecule has 0 aliphatic heterocycles. The normalized spacial score (nSPS) is 13.7. The molecule has 0 amide bonds. The Morgan fingerprint density at radius 1 is 1.33 bits per heavy atom. The van der Waals surface area contributed by atoms with Crippen molar-refractivity contribution in [1.82, 2.24) is 5.32 Å². The van der Waals surface area contributed by atoms with Gasteiger partial charge in [-0.25, -0.2) is 0 Å². The Hall–Kier alpha value is -1.46. The van der Waals surface area contributed by atoms with E-state index in [4.69, 9.17) is 11.2 Å². The zero-order chi connectivity index (χ0) is 13.4. The molecule has 1 aromatic carbocycles. The van der Waals surface area contributed by atoms with Crippen molar-refractivity contribution < 1.29 is 4.74 Å². The lowest BCUT2D eigenvalue weighted by atomic mass is 10.1. The topological polar surface area (TPSA) is 21.3 Å². The minimum absolute atomic E-state index is 0.184. The summed E-state index contributed by atoms with van der Waals surface area (Å²) in [6.07, 6.45) is 8.63. The van der Waals surface area contributed by atoms with Crippen molar-refractivity contribution in [3.8, 4) is 18.1 Å². The van der Waals surface area contributed by atoms with Gasteiger partial charge in [0.25, 0.3) is 0 Å². The molecule has 0 spiro atoms. The molecule has 0 aromatic heterocycles. The van der Waals surface area contributed by atoms with E-state index in [0.717, 1.165) is 25.0 Å². The highest BCUT2D eigenvalue weighted by Crippen LogP contribution is 2.13. The Morgan fingerprint density at radius 2 is 2.00 bits per heavy atom. The van der Waals surface area contributed by atoms with E-state index in [2.05, 4.69) is 37.2 Å². The summed E-state index contributed by atoms with van der Waals surface area (Å²) in [7, 11) is 1.68. The fraction of sp³-hybridized carbons (Fsp3) is 0.500. The number of nitrogens with one attached hydrogen (secondary N) is 1. The summed E-state index contributed by atoms with van der Waals surface area (Å²) in [5, 5.41) is 3.48. The van der Waals surface area contributed by atoms with Gasteiger partial charge in [0.1, 0.15) is 5.75 Å². The van der Waals surface area contributed by atoms with Gasteiger partial charge in [-0.3, -0.25) is 0 Å². The SMILES string of the molecule is C#CC(CCC)NC(C)Cc1ccc(OC)cc1. The predicted molar refractivity (Wildman–Crippen MR) is 76.8 cm³/mol. The summed E-state index contributed by atoms with van der Waals surface area (Å²) in [5.41, 5.74) is 1.29. The van der Waals surface area contributed by atoms with Crippen LogP contribution in [0, 0.1) is 12.3 Å².